The highest BCUT2D eigenvalue weighted by Gasteiger charge is 2.25. The molecule has 0 radical (unpaired) electrons. The number of ether oxygens (including phenoxy) is 4. The van der Waals surface area contributed by atoms with E-state index in [9.17, 15) is 61.5 Å². The number of carboxylic acid groups (broad SMARTS) is 3. The summed E-state index contributed by atoms with van der Waals surface area (Å²) in [6.45, 7) is 6.33. The van der Waals surface area contributed by atoms with Crippen LogP contribution in [0, 0.1) is 5.92 Å². The van der Waals surface area contributed by atoms with Gasteiger partial charge in [-0.3, -0.25) is 38.3 Å². The van der Waals surface area contributed by atoms with E-state index in [4.69, 9.17) is 29.2 Å². The summed E-state index contributed by atoms with van der Waals surface area (Å²) in [5, 5.41) is 51.8. The molecule has 85 heavy (non-hydrogen) atoms. The minimum atomic E-state index is -3.84. The van der Waals surface area contributed by atoms with Gasteiger partial charge in [-0.25, -0.2) is 18.0 Å². The third kappa shape index (κ3) is 49.9. The lowest BCUT2D eigenvalue weighted by molar-refractivity contribution is -0.145. The van der Waals surface area contributed by atoms with Crippen LogP contribution in [-0.4, -0.2) is 187 Å². The normalized spacial score (nSPS) is 12.2. The number of nitrogens with one attached hydrogen (secondary N) is 6. The fraction of sp³-hybridized carbons (Fsp3) is 0.804. The number of amides is 5. The lowest BCUT2D eigenvalue weighted by atomic mass is 9.97. The second-order valence-corrected chi connectivity index (χ2v) is 22.4. The van der Waals surface area contributed by atoms with Crippen LogP contribution < -0.4 is 26.0 Å². The summed E-state index contributed by atoms with van der Waals surface area (Å²) in [4.78, 5) is 116. The number of rotatable bonds is 56. The number of carbonyl (C=O) groups excluding carboxylic acids is 7. The van der Waals surface area contributed by atoms with E-state index < -0.39 is 69.4 Å². The number of H-pyrrole nitrogens is 1. The molecule has 1 aromatic rings. The lowest BCUT2D eigenvalue weighted by Crippen LogP contribution is -2.42. The average Bonchev–Trinajstić information content (AvgIpc) is 4.03. The van der Waals surface area contributed by atoms with Crippen LogP contribution in [0.1, 0.15) is 200 Å². The fourth-order valence-corrected chi connectivity index (χ4v) is 9.22. The summed E-state index contributed by atoms with van der Waals surface area (Å²) in [5.74, 6) is -6.64. The quantitative estimate of drug-likeness (QED) is 0.0415. The Hall–Kier alpha value is -6.04. The highest BCUT2D eigenvalue weighted by molar-refractivity contribution is 7.90. The van der Waals surface area contributed by atoms with E-state index in [1.807, 2.05) is 0 Å². The molecule has 488 valence electrons. The zero-order valence-corrected chi connectivity index (χ0v) is 51.2. The molecule has 0 bridgehead atoms. The molecule has 1 rings (SSSR count). The first-order valence-corrected chi connectivity index (χ1v) is 31.7. The van der Waals surface area contributed by atoms with Gasteiger partial charge in [-0.15, -0.1) is 10.2 Å². The summed E-state index contributed by atoms with van der Waals surface area (Å²) in [6, 6.07) is -2.03. The van der Waals surface area contributed by atoms with E-state index in [-0.39, 0.29) is 121 Å². The van der Waals surface area contributed by atoms with Crippen LogP contribution in [0.25, 0.3) is 0 Å². The van der Waals surface area contributed by atoms with Crippen molar-refractivity contribution in [2.75, 3.05) is 71.7 Å². The number of hydrogen-bond acceptors (Lipinski definition) is 19. The molecule has 3 atom stereocenters. The number of carboxylic acids is 3. The number of unbranched alkanes of at least 4 members (excludes halogenated alkanes) is 13. The van der Waals surface area contributed by atoms with Crippen LogP contribution in [0.3, 0.4) is 0 Å². The Labute approximate surface area is 500 Å². The first kappa shape index (κ1) is 79.0. The Morgan fingerprint density at radius 3 is 1.65 bits per heavy atom. The third-order valence-electron chi connectivity index (χ3n) is 12.9. The molecule has 0 spiro atoms. The van der Waals surface area contributed by atoms with Gasteiger partial charge in [0.15, 0.2) is 11.6 Å². The molecule has 28 nitrogen and oxygen atoms in total. The van der Waals surface area contributed by atoms with Crippen LogP contribution in [-0.2, 0) is 83.3 Å². The molecular weight excluding hydrogens is 1130 g/mol. The van der Waals surface area contributed by atoms with Gasteiger partial charge in [0.1, 0.15) is 31.1 Å². The molecule has 0 aliphatic rings. The fourth-order valence-electron chi connectivity index (χ4n) is 8.15. The molecule has 0 aromatic carbocycles. The van der Waals surface area contributed by atoms with Gasteiger partial charge in [-0.2, -0.15) is 5.21 Å². The van der Waals surface area contributed by atoms with Gasteiger partial charge in [0, 0.05) is 64.6 Å². The van der Waals surface area contributed by atoms with Crippen molar-refractivity contribution in [3.8, 4) is 0 Å². The molecule has 29 heteroatoms. The smallest absolute Gasteiger partial charge is 0.326 e. The average molecular weight is 1230 g/mol. The molecule has 5 amide bonds. The summed E-state index contributed by atoms with van der Waals surface area (Å²) in [7, 11) is -3.84. The maximum atomic E-state index is 12.3. The van der Waals surface area contributed by atoms with Crippen LogP contribution in [0.2, 0.25) is 0 Å². The summed E-state index contributed by atoms with van der Waals surface area (Å²) >= 11 is 0. The summed E-state index contributed by atoms with van der Waals surface area (Å²) in [6.07, 6.45) is 18.6. The number of ketones is 2. The van der Waals surface area contributed by atoms with Crippen molar-refractivity contribution in [1.82, 2.24) is 46.6 Å². The molecule has 0 aliphatic carbocycles. The van der Waals surface area contributed by atoms with Crippen molar-refractivity contribution in [3.63, 3.8) is 0 Å². The first-order chi connectivity index (χ1) is 40.7. The van der Waals surface area contributed by atoms with Crippen LogP contribution >= 0.6 is 0 Å². The second kappa shape index (κ2) is 52.3. The van der Waals surface area contributed by atoms with Crippen LogP contribution in [0.15, 0.2) is 0 Å². The predicted octanol–water partition coefficient (Wildman–Crippen LogP) is 4.04. The van der Waals surface area contributed by atoms with E-state index in [1.54, 1.807) is 13.8 Å². The van der Waals surface area contributed by atoms with Crippen LogP contribution in [0.4, 0.5) is 0 Å². The molecule has 0 saturated carbocycles. The van der Waals surface area contributed by atoms with Gasteiger partial charge in [0.25, 0.3) is 0 Å². The standard InChI is InChI=1S/C38H67N7O12S.C18H32N2O7/c1-2-17-32(38(52)53)40-35(48)22-21-30(37(50)51)28-31(46)29-57-26-25-56-24-23-39-34(47)20-16-27-58(54,55)43-36(49)19-15-13-11-9-7-5-3-4-6-8-10-12-14-18-33-41-44-45-42-33;1-3-16(22)19-9-5-4-8-15(18(24)25)20-17(23)13-27-12-11-26-10-6-7-14(2)21/h30,32H,2-29H2,1H3,(H,39,47)(H,40,48)(H,43,49)(H,50,51)(H,52,53)(H,41,42,44,45);15H,3-13H2,1-2H3,(H,19,22)(H,20,23)(H,24,25). The number of nitrogens with zero attached hydrogens (tertiary/aromatic N) is 3. The zero-order chi connectivity index (χ0) is 63.4. The molecule has 0 fully saturated rings. The van der Waals surface area contributed by atoms with Crippen LogP contribution in [0.5, 0.6) is 0 Å². The van der Waals surface area contributed by atoms with Crippen molar-refractivity contribution >= 4 is 69.0 Å². The number of sulfonamides is 1. The molecule has 0 aliphatic heterocycles. The van der Waals surface area contributed by atoms with Crippen molar-refractivity contribution in [3.05, 3.63) is 5.82 Å². The van der Waals surface area contributed by atoms with Gasteiger partial charge in [-0.05, 0) is 64.7 Å². The number of hydrogen-bond donors (Lipinski definition) is 9. The lowest BCUT2D eigenvalue weighted by Gasteiger charge is -2.15. The molecule has 9 N–H and O–H groups in total. The highest BCUT2D eigenvalue weighted by atomic mass is 32.2. The maximum absolute atomic E-state index is 12.3. The van der Waals surface area contributed by atoms with Gasteiger partial charge >= 0.3 is 17.9 Å². The minimum absolute atomic E-state index is 0.0330. The molecule has 1 aromatic heterocycles. The van der Waals surface area contributed by atoms with Gasteiger partial charge in [0.05, 0.1) is 44.7 Å². The maximum Gasteiger partial charge on any atom is 0.326 e. The minimum Gasteiger partial charge on any atom is -0.481 e. The monoisotopic (exact) mass is 1230 g/mol. The summed E-state index contributed by atoms with van der Waals surface area (Å²) < 4.78 is 47.6. The Morgan fingerprint density at radius 2 is 1.07 bits per heavy atom. The van der Waals surface area contributed by atoms with E-state index in [1.165, 1.54) is 51.9 Å². The molecule has 1 heterocycles. The van der Waals surface area contributed by atoms with Crippen molar-refractivity contribution in [2.24, 2.45) is 5.92 Å². The van der Waals surface area contributed by atoms with Gasteiger partial charge in [-0.1, -0.05) is 96.1 Å². The van der Waals surface area contributed by atoms with E-state index in [0.29, 0.717) is 64.7 Å². The zero-order valence-electron chi connectivity index (χ0n) is 50.4. The molecule has 0 saturated heterocycles. The van der Waals surface area contributed by atoms with Gasteiger partial charge in [0.2, 0.25) is 39.6 Å². The Bertz CT molecular complexity index is 2150. The number of Topliss-reactive ketones (excluding diaryl/α,β-unsaturated/α-hetero) is 2. The SMILES string of the molecule is CCC(=O)NCCCCC(NC(=O)COCCOCCCC(C)=O)C(=O)O.CCCC(NC(=O)CCC(CC(=O)COCCOCCNC(=O)CCCS(=O)(=O)NC(=O)CCCCCCCCCCCCCCCc1nn[nH]n1)C(=O)O)C(=O)O. The number of aryl methyl sites for hydroxylation is 1. The highest BCUT2D eigenvalue weighted by Crippen LogP contribution is 2.15. The Kier molecular flexibility index (Phi) is 48.6. The summed E-state index contributed by atoms with van der Waals surface area (Å²) in [5.41, 5.74) is 0. The number of tetrazole rings is 1. The number of aromatic nitrogens is 4. The predicted molar refractivity (Wildman–Crippen MR) is 311 cm³/mol. The Morgan fingerprint density at radius 1 is 0.518 bits per heavy atom. The topological polar surface area (TPSA) is 417 Å². The number of aliphatic carboxylic acids is 3. The third-order valence-corrected chi connectivity index (χ3v) is 14.2. The largest absolute Gasteiger partial charge is 0.481 e. The number of carbonyl (C=O) groups is 10. The molecule has 3 unspecified atom stereocenters. The van der Waals surface area contributed by atoms with Crippen molar-refractivity contribution in [2.45, 2.75) is 213 Å². The van der Waals surface area contributed by atoms with Crippen molar-refractivity contribution < 1.29 is 90.6 Å². The molecular formula is C56H99N9O19S. The Balaban J connectivity index is 0.00000218. The number of aromatic amines is 1. The first-order valence-electron chi connectivity index (χ1n) is 30.1. The second-order valence-electron chi connectivity index (χ2n) is 20.6. The van der Waals surface area contributed by atoms with E-state index in [2.05, 4.69) is 46.6 Å². The van der Waals surface area contributed by atoms with E-state index in [0.717, 1.165) is 44.3 Å². The van der Waals surface area contributed by atoms with Crippen molar-refractivity contribution in [1.29, 1.82) is 0 Å². The van der Waals surface area contributed by atoms with Gasteiger partial charge < -0.3 is 60.3 Å². The van der Waals surface area contributed by atoms with E-state index >= 15 is 0 Å².